The second kappa shape index (κ2) is 9.42. The first-order chi connectivity index (χ1) is 14.8. The molecule has 2 aromatic rings. The van der Waals surface area contributed by atoms with E-state index in [9.17, 15) is 14.7 Å². The fourth-order valence-electron chi connectivity index (χ4n) is 3.26. The number of nitrogens with one attached hydrogen (secondary N) is 2. The molecule has 8 heteroatoms. The van der Waals surface area contributed by atoms with Crippen LogP contribution in [0.15, 0.2) is 54.0 Å². The summed E-state index contributed by atoms with van der Waals surface area (Å²) in [5.41, 5.74) is 1.61. The van der Waals surface area contributed by atoms with E-state index in [0.29, 0.717) is 5.88 Å². The number of rotatable bonds is 8. The SMILES string of the molecule is CCC(NC1=C(Nc2cccc(C(=O)N(C)C)c2O)C(=O)CO1)c1ccc(OC)cc1. The smallest absolute Gasteiger partial charge is 0.257 e. The lowest BCUT2D eigenvalue weighted by atomic mass is 10.0. The maximum Gasteiger partial charge on any atom is 0.257 e. The Hall–Kier alpha value is -3.68. The average Bonchev–Trinajstić information content (AvgIpc) is 3.12. The number of aromatic hydroxyl groups is 1. The first-order valence-electron chi connectivity index (χ1n) is 9.97. The van der Waals surface area contributed by atoms with Crippen molar-refractivity contribution in [3.63, 3.8) is 0 Å². The van der Waals surface area contributed by atoms with Gasteiger partial charge in [-0.2, -0.15) is 0 Å². The van der Waals surface area contributed by atoms with Crippen LogP contribution in [-0.2, 0) is 9.53 Å². The quantitative estimate of drug-likeness (QED) is 0.559. The molecule has 0 radical (unpaired) electrons. The van der Waals surface area contributed by atoms with Gasteiger partial charge in [-0.3, -0.25) is 9.59 Å². The van der Waals surface area contributed by atoms with E-state index in [0.717, 1.165) is 17.7 Å². The maximum absolute atomic E-state index is 12.5. The van der Waals surface area contributed by atoms with Crippen molar-refractivity contribution < 1.29 is 24.2 Å². The van der Waals surface area contributed by atoms with Gasteiger partial charge in [0.05, 0.1) is 24.4 Å². The number of carbonyl (C=O) groups excluding carboxylic acids is 2. The van der Waals surface area contributed by atoms with Crippen LogP contribution in [0.3, 0.4) is 0 Å². The lowest BCUT2D eigenvalue weighted by Crippen LogP contribution is -2.23. The Bertz CT molecular complexity index is 999. The van der Waals surface area contributed by atoms with Gasteiger partial charge in [-0.25, -0.2) is 0 Å². The van der Waals surface area contributed by atoms with Crippen LogP contribution >= 0.6 is 0 Å². The molecule has 0 saturated carbocycles. The van der Waals surface area contributed by atoms with Gasteiger partial charge in [0.25, 0.3) is 5.91 Å². The molecule has 1 atom stereocenters. The number of nitrogens with zero attached hydrogens (tertiary/aromatic N) is 1. The van der Waals surface area contributed by atoms with E-state index < -0.39 is 0 Å². The topological polar surface area (TPSA) is 100 Å². The predicted molar refractivity (Wildman–Crippen MR) is 117 cm³/mol. The van der Waals surface area contributed by atoms with Crippen LogP contribution in [-0.4, -0.2) is 49.5 Å². The Balaban J connectivity index is 1.87. The molecule has 8 nitrogen and oxygen atoms in total. The molecule has 0 fully saturated rings. The third-order valence-corrected chi connectivity index (χ3v) is 5.02. The van der Waals surface area contributed by atoms with Gasteiger partial charge >= 0.3 is 0 Å². The first-order valence-corrected chi connectivity index (χ1v) is 9.97. The molecular formula is C23H27N3O5. The fourth-order valence-corrected chi connectivity index (χ4v) is 3.26. The van der Waals surface area contributed by atoms with E-state index in [4.69, 9.17) is 9.47 Å². The monoisotopic (exact) mass is 425 g/mol. The summed E-state index contributed by atoms with van der Waals surface area (Å²) in [6, 6.07) is 12.3. The average molecular weight is 425 g/mol. The third-order valence-electron chi connectivity index (χ3n) is 5.02. The number of Topliss-reactive ketones (excluding diaryl/α,β-unsaturated/α-hetero) is 1. The molecule has 2 aromatic carbocycles. The van der Waals surface area contributed by atoms with Gasteiger partial charge in [-0.1, -0.05) is 25.1 Å². The van der Waals surface area contributed by atoms with E-state index in [-0.39, 0.29) is 47.0 Å². The Morgan fingerprint density at radius 3 is 2.55 bits per heavy atom. The maximum atomic E-state index is 12.5. The van der Waals surface area contributed by atoms with Crippen LogP contribution in [0, 0.1) is 0 Å². The van der Waals surface area contributed by atoms with Gasteiger partial charge in [-0.05, 0) is 36.2 Å². The number of ketones is 1. The van der Waals surface area contributed by atoms with Crippen LogP contribution in [0.2, 0.25) is 0 Å². The second-order valence-electron chi connectivity index (χ2n) is 7.32. The number of phenolic OH excluding ortho intramolecular Hbond substituents is 1. The van der Waals surface area contributed by atoms with Crippen molar-refractivity contribution in [2.75, 3.05) is 33.1 Å². The van der Waals surface area contributed by atoms with Gasteiger partial charge < -0.3 is 30.1 Å². The summed E-state index contributed by atoms with van der Waals surface area (Å²) >= 11 is 0. The summed E-state index contributed by atoms with van der Waals surface area (Å²) in [4.78, 5) is 26.1. The van der Waals surface area contributed by atoms with E-state index in [1.54, 1.807) is 33.3 Å². The second-order valence-corrected chi connectivity index (χ2v) is 7.32. The molecule has 0 aromatic heterocycles. The highest BCUT2D eigenvalue weighted by Gasteiger charge is 2.28. The first kappa shape index (κ1) is 22.0. The van der Waals surface area contributed by atoms with Crippen molar-refractivity contribution >= 4 is 17.4 Å². The van der Waals surface area contributed by atoms with E-state index in [1.807, 2.05) is 31.2 Å². The standard InChI is InChI=1S/C23H27N3O5/c1-5-17(14-9-11-15(30-4)12-10-14)25-22-20(19(27)13-31-22)24-18-8-6-7-16(21(18)28)23(29)26(2)3/h6-12,17,24-25,28H,5,13H2,1-4H3. The minimum absolute atomic E-state index is 0.0983. The summed E-state index contributed by atoms with van der Waals surface area (Å²) < 4.78 is 10.8. The Morgan fingerprint density at radius 2 is 1.94 bits per heavy atom. The highest BCUT2D eigenvalue weighted by atomic mass is 16.5. The van der Waals surface area contributed by atoms with Gasteiger partial charge in [0.15, 0.2) is 12.4 Å². The number of benzene rings is 2. The molecule has 1 heterocycles. The number of phenols is 1. The Labute approximate surface area is 181 Å². The zero-order chi connectivity index (χ0) is 22.5. The lowest BCUT2D eigenvalue weighted by molar-refractivity contribution is -0.116. The van der Waals surface area contributed by atoms with Crippen LogP contribution in [0.25, 0.3) is 0 Å². The molecule has 3 rings (SSSR count). The largest absolute Gasteiger partial charge is 0.505 e. The van der Waals surface area contributed by atoms with Crippen LogP contribution in [0.5, 0.6) is 11.5 Å². The Morgan fingerprint density at radius 1 is 1.23 bits per heavy atom. The molecule has 3 N–H and O–H groups in total. The lowest BCUT2D eigenvalue weighted by Gasteiger charge is -2.20. The van der Waals surface area contributed by atoms with Crippen LogP contribution < -0.4 is 15.4 Å². The van der Waals surface area contributed by atoms with E-state index in [2.05, 4.69) is 10.6 Å². The summed E-state index contributed by atoms with van der Waals surface area (Å²) in [6.07, 6.45) is 0.749. The predicted octanol–water partition coefficient (Wildman–Crippen LogP) is 3.02. The van der Waals surface area contributed by atoms with Crippen molar-refractivity contribution in [2.24, 2.45) is 0 Å². The summed E-state index contributed by atoms with van der Waals surface area (Å²) in [5, 5.41) is 16.8. The van der Waals surface area contributed by atoms with Crippen LogP contribution in [0.4, 0.5) is 5.69 Å². The number of amides is 1. The summed E-state index contributed by atoms with van der Waals surface area (Å²) in [6.45, 7) is 1.91. The molecule has 1 unspecified atom stereocenters. The number of hydrogen-bond donors (Lipinski definition) is 3. The minimum atomic E-state index is -0.340. The van der Waals surface area contributed by atoms with Crippen molar-refractivity contribution in [1.82, 2.24) is 10.2 Å². The zero-order valence-corrected chi connectivity index (χ0v) is 18.1. The van der Waals surface area contributed by atoms with Crippen molar-refractivity contribution in [2.45, 2.75) is 19.4 Å². The van der Waals surface area contributed by atoms with Crippen molar-refractivity contribution in [3.05, 3.63) is 65.2 Å². The Kier molecular flexibility index (Phi) is 6.69. The molecule has 0 aliphatic carbocycles. The number of carbonyl (C=O) groups is 2. The minimum Gasteiger partial charge on any atom is -0.505 e. The summed E-state index contributed by atoms with van der Waals surface area (Å²) in [5.74, 6) is 0.241. The van der Waals surface area contributed by atoms with Crippen molar-refractivity contribution in [3.8, 4) is 11.5 Å². The molecule has 1 amide bonds. The molecule has 1 aliphatic rings. The number of methoxy groups -OCH3 is 1. The van der Waals surface area contributed by atoms with Crippen molar-refractivity contribution in [1.29, 1.82) is 0 Å². The molecule has 0 spiro atoms. The zero-order valence-electron chi connectivity index (χ0n) is 18.1. The molecule has 1 aliphatic heterocycles. The highest BCUT2D eigenvalue weighted by Crippen LogP contribution is 2.31. The van der Waals surface area contributed by atoms with Gasteiger partial charge in [0, 0.05) is 14.1 Å². The van der Waals surface area contributed by atoms with Crippen LogP contribution in [0.1, 0.15) is 35.3 Å². The highest BCUT2D eigenvalue weighted by molar-refractivity contribution is 6.03. The normalized spacial score (nSPS) is 14.1. The van der Waals surface area contributed by atoms with Gasteiger partial charge in [0.2, 0.25) is 11.7 Å². The van der Waals surface area contributed by atoms with E-state index in [1.165, 1.54) is 11.0 Å². The number of para-hydroxylation sites is 1. The molecule has 0 bridgehead atoms. The van der Waals surface area contributed by atoms with Gasteiger partial charge in [-0.15, -0.1) is 0 Å². The molecular weight excluding hydrogens is 398 g/mol. The number of ether oxygens (including phenoxy) is 2. The third kappa shape index (κ3) is 4.74. The summed E-state index contributed by atoms with van der Waals surface area (Å²) in [7, 11) is 4.82. The number of hydrogen-bond acceptors (Lipinski definition) is 7. The molecule has 31 heavy (non-hydrogen) atoms. The molecule has 164 valence electrons. The van der Waals surface area contributed by atoms with Gasteiger partial charge in [0.1, 0.15) is 11.4 Å². The van der Waals surface area contributed by atoms with E-state index >= 15 is 0 Å². The number of anilines is 1. The fraction of sp³-hybridized carbons (Fsp3) is 0.304. The molecule has 0 saturated heterocycles.